The van der Waals surface area contributed by atoms with Gasteiger partial charge in [0.1, 0.15) is 0 Å². The number of sulfonamides is 1. The maximum Gasteiger partial charge on any atom is 0.217 e. The molecule has 1 saturated heterocycles. The van der Waals surface area contributed by atoms with E-state index < -0.39 is 20.6 Å². The van der Waals surface area contributed by atoms with Crippen molar-refractivity contribution in [2.24, 2.45) is 7.05 Å². The minimum absolute atomic E-state index is 0.250. The van der Waals surface area contributed by atoms with Crippen molar-refractivity contribution < 1.29 is 17.9 Å². The van der Waals surface area contributed by atoms with Crippen molar-refractivity contribution >= 4 is 26.0 Å². The van der Waals surface area contributed by atoms with Gasteiger partial charge in [0.05, 0.1) is 28.6 Å². The van der Waals surface area contributed by atoms with Crippen LogP contribution in [-0.4, -0.2) is 36.7 Å². The number of hydrogen-bond donors (Lipinski definition) is 1. The third-order valence-corrected chi connectivity index (χ3v) is 8.47. The molecule has 1 fully saturated rings. The second-order valence-corrected chi connectivity index (χ2v) is 11.8. The molecule has 0 aromatic carbocycles. The van der Waals surface area contributed by atoms with Crippen LogP contribution in [0, 0.1) is 0 Å². The summed E-state index contributed by atoms with van der Waals surface area (Å²) >= 11 is 3.51. The Morgan fingerprint density at radius 3 is 2.36 bits per heavy atom. The second kappa shape index (κ2) is 9.60. The second-order valence-electron chi connectivity index (χ2n) is 8.49. The fourth-order valence-corrected chi connectivity index (χ4v) is 4.73. The molecule has 1 aliphatic heterocycles. The van der Waals surface area contributed by atoms with E-state index in [0.717, 1.165) is 48.8 Å². The highest BCUT2D eigenvalue weighted by atomic mass is 79.9. The summed E-state index contributed by atoms with van der Waals surface area (Å²) in [7, 11) is -1.50. The zero-order chi connectivity index (χ0) is 21.0. The molecular formula is C20H35BrN2O4S. The summed E-state index contributed by atoms with van der Waals surface area (Å²) in [6.07, 6.45) is 5.44. The molecule has 0 aliphatic carbocycles. The Hall–Kier alpha value is -0.410. The van der Waals surface area contributed by atoms with Gasteiger partial charge >= 0.3 is 0 Å². The first-order valence-corrected chi connectivity index (χ1v) is 12.4. The van der Waals surface area contributed by atoms with Gasteiger partial charge in [0.2, 0.25) is 10.0 Å². The molecule has 1 aromatic heterocycles. The van der Waals surface area contributed by atoms with Crippen LogP contribution in [0.5, 0.6) is 0 Å². The van der Waals surface area contributed by atoms with Gasteiger partial charge in [-0.05, 0) is 68.1 Å². The Morgan fingerprint density at radius 2 is 1.86 bits per heavy atom. The monoisotopic (exact) mass is 478 g/mol. The molecule has 0 saturated carbocycles. The molecule has 162 valence electrons. The molecule has 0 amide bonds. The van der Waals surface area contributed by atoms with Crippen LogP contribution < -0.4 is 4.72 Å². The van der Waals surface area contributed by atoms with Crippen molar-refractivity contribution in [3.05, 3.63) is 22.4 Å². The topological polar surface area (TPSA) is 69.6 Å². The fourth-order valence-electron chi connectivity index (χ4n) is 3.42. The molecule has 1 aromatic rings. The molecule has 2 rings (SSSR count). The number of nitrogens with zero attached hydrogens (tertiary/aromatic N) is 1. The number of aromatic nitrogens is 1. The lowest BCUT2D eigenvalue weighted by molar-refractivity contribution is -0.164. The molecule has 6 nitrogen and oxygen atoms in total. The average molecular weight is 479 g/mol. The van der Waals surface area contributed by atoms with E-state index in [2.05, 4.69) is 27.6 Å². The zero-order valence-electron chi connectivity index (χ0n) is 17.8. The summed E-state index contributed by atoms with van der Waals surface area (Å²) in [6.45, 7) is 8.60. The van der Waals surface area contributed by atoms with Crippen molar-refractivity contribution in [3.8, 4) is 0 Å². The Balaban J connectivity index is 1.97. The molecule has 1 N–H and O–H groups in total. The Kier molecular flexibility index (Phi) is 8.18. The number of ether oxygens (including phenoxy) is 2. The standard InChI is InChI=1S/C20H35BrN2O4S/c1-6-20(26-14-15-27-20)13-9-7-8-10-16(17-11-12-18(21)23(17)5)22-28(24,25)19(2,3)4/h11-12,16,22H,6-10,13-15H2,1-5H3/t16-/m1/s1. The highest BCUT2D eigenvalue weighted by molar-refractivity contribution is 9.10. The molecular weight excluding hydrogens is 444 g/mol. The van der Waals surface area contributed by atoms with Gasteiger partial charge in [0, 0.05) is 19.2 Å². The number of halogens is 1. The van der Waals surface area contributed by atoms with E-state index in [1.54, 1.807) is 20.8 Å². The van der Waals surface area contributed by atoms with E-state index in [1.807, 2.05) is 23.7 Å². The molecule has 0 radical (unpaired) electrons. The van der Waals surface area contributed by atoms with E-state index in [0.29, 0.717) is 13.2 Å². The minimum Gasteiger partial charge on any atom is -0.348 e. The van der Waals surface area contributed by atoms with Crippen LogP contribution in [0.2, 0.25) is 0 Å². The van der Waals surface area contributed by atoms with Crippen molar-refractivity contribution in [2.75, 3.05) is 13.2 Å². The van der Waals surface area contributed by atoms with Gasteiger partial charge in [-0.25, -0.2) is 13.1 Å². The number of hydrogen-bond acceptors (Lipinski definition) is 4. The van der Waals surface area contributed by atoms with E-state index in [-0.39, 0.29) is 6.04 Å². The molecule has 2 heterocycles. The van der Waals surface area contributed by atoms with Crippen LogP contribution in [0.15, 0.2) is 16.7 Å². The summed E-state index contributed by atoms with van der Waals surface area (Å²) in [6, 6.07) is 3.68. The van der Waals surface area contributed by atoms with Gasteiger partial charge in [-0.1, -0.05) is 19.8 Å². The quantitative estimate of drug-likeness (QED) is 0.496. The van der Waals surface area contributed by atoms with E-state index >= 15 is 0 Å². The number of nitrogens with one attached hydrogen (secondary N) is 1. The van der Waals surface area contributed by atoms with Gasteiger partial charge in [-0.15, -0.1) is 0 Å². The van der Waals surface area contributed by atoms with Gasteiger partial charge in [-0.2, -0.15) is 0 Å². The predicted octanol–water partition coefficient (Wildman–Crippen LogP) is 4.65. The molecule has 1 aliphatic rings. The molecule has 1 atom stereocenters. The maximum atomic E-state index is 12.7. The summed E-state index contributed by atoms with van der Waals surface area (Å²) in [5, 5.41) is 0. The molecule has 8 heteroatoms. The van der Waals surface area contributed by atoms with Crippen LogP contribution in [0.25, 0.3) is 0 Å². The van der Waals surface area contributed by atoms with E-state index in [9.17, 15) is 8.42 Å². The third-order valence-electron chi connectivity index (χ3n) is 5.46. The smallest absolute Gasteiger partial charge is 0.217 e. The van der Waals surface area contributed by atoms with E-state index in [4.69, 9.17) is 9.47 Å². The SMILES string of the molecule is CCC1(CCCCC[C@@H](NS(=O)(=O)C(C)(C)C)c2ccc(Br)n2C)OCCO1. The van der Waals surface area contributed by atoms with Crippen molar-refractivity contribution in [1.82, 2.24) is 9.29 Å². The number of rotatable bonds is 10. The maximum absolute atomic E-state index is 12.7. The zero-order valence-corrected chi connectivity index (χ0v) is 20.2. The van der Waals surface area contributed by atoms with Crippen molar-refractivity contribution in [1.29, 1.82) is 0 Å². The van der Waals surface area contributed by atoms with Crippen molar-refractivity contribution in [2.45, 2.75) is 82.8 Å². The summed E-state index contributed by atoms with van der Waals surface area (Å²) in [4.78, 5) is 0. The normalized spacial score (nSPS) is 18.5. The number of unbranched alkanes of at least 4 members (excludes halogenated alkanes) is 2. The fraction of sp³-hybridized carbons (Fsp3) is 0.800. The van der Waals surface area contributed by atoms with Crippen LogP contribution in [-0.2, 0) is 26.5 Å². The lowest BCUT2D eigenvalue weighted by Gasteiger charge is -2.27. The minimum atomic E-state index is -3.44. The van der Waals surface area contributed by atoms with Gasteiger partial charge < -0.3 is 14.0 Å². The Labute approximate surface area is 178 Å². The predicted molar refractivity (Wildman–Crippen MR) is 116 cm³/mol. The highest BCUT2D eigenvalue weighted by Gasteiger charge is 2.34. The lowest BCUT2D eigenvalue weighted by atomic mass is 10.0. The lowest BCUT2D eigenvalue weighted by Crippen LogP contribution is -2.41. The van der Waals surface area contributed by atoms with Gasteiger partial charge in [0.15, 0.2) is 5.79 Å². The summed E-state index contributed by atoms with van der Waals surface area (Å²) in [5.41, 5.74) is 0.965. The first-order valence-electron chi connectivity index (χ1n) is 10.1. The van der Waals surface area contributed by atoms with Gasteiger partial charge in [-0.3, -0.25) is 0 Å². The average Bonchev–Trinajstić information content (AvgIpc) is 3.21. The van der Waals surface area contributed by atoms with Crippen molar-refractivity contribution in [3.63, 3.8) is 0 Å². The Bertz CT molecular complexity index is 734. The van der Waals surface area contributed by atoms with Crippen LogP contribution >= 0.6 is 15.9 Å². The largest absolute Gasteiger partial charge is 0.348 e. The van der Waals surface area contributed by atoms with Gasteiger partial charge in [0.25, 0.3) is 0 Å². The molecule has 0 bridgehead atoms. The Morgan fingerprint density at radius 1 is 1.21 bits per heavy atom. The molecule has 28 heavy (non-hydrogen) atoms. The third kappa shape index (κ3) is 5.81. The van der Waals surface area contributed by atoms with Crippen LogP contribution in [0.4, 0.5) is 0 Å². The summed E-state index contributed by atoms with van der Waals surface area (Å²) < 4.78 is 42.0. The molecule has 0 unspecified atom stereocenters. The van der Waals surface area contributed by atoms with Crippen LogP contribution in [0.1, 0.15) is 78.0 Å². The highest BCUT2D eigenvalue weighted by Crippen LogP contribution is 2.31. The first kappa shape index (κ1) is 23.9. The summed E-state index contributed by atoms with van der Waals surface area (Å²) in [5.74, 6) is -0.407. The first-order chi connectivity index (χ1) is 13.0. The van der Waals surface area contributed by atoms with Crippen LogP contribution in [0.3, 0.4) is 0 Å². The van der Waals surface area contributed by atoms with E-state index in [1.165, 1.54) is 0 Å². The molecule has 0 spiro atoms.